The Kier molecular flexibility index (Phi) is 5.71. The summed E-state index contributed by atoms with van der Waals surface area (Å²) in [6, 6.07) is 12.6. The SMILES string of the molecule is O=C(CNC(=O)c1ccc(Cl)cc1)N/N=C/c1ccc(O)cc1. The molecule has 2 rings (SSSR count). The van der Waals surface area contributed by atoms with Crippen LogP contribution in [0.3, 0.4) is 0 Å². The van der Waals surface area contributed by atoms with Crippen molar-refractivity contribution < 1.29 is 14.7 Å². The van der Waals surface area contributed by atoms with Gasteiger partial charge < -0.3 is 10.4 Å². The summed E-state index contributed by atoms with van der Waals surface area (Å²) in [7, 11) is 0. The molecule has 6 nitrogen and oxygen atoms in total. The van der Waals surface area contributed by atoms with E-state index in [4.69, 9.17) is 16.7 Å². The Bertz CT molecular complexity index is 712. The van der Waals surface area contributed by atoms with Crippen LogP contribution in [-0.2, 0) is 4.79 Å². The molecule has 0 bridgehead atoms. The summed E-state index contributed by atoms with van der Waals surface area (Å²) in [5.74, 6) is -0.683. The Morgan fingerprint density at radius 2 is 1.74 bits per heavy atom. The smallest absolute Gasteiger partial charge is 0.259 e. The molecular formula is C16H14ClN3O3. The minimum absolute atomic E-state index is 0.149. The normalized spacial score (nSPS) is 10.5. The minimum Gasteiger partial charge on any atom is -0.508 e. The van der Waals surface area contributed by atoms with E-state index in [1.165, 1.54) is 18.3 Å². The molecule has 7 heteroatoms. The lowest BCUT2D eigenvalue weighted by molar-refractivity contribution is -0.120. The Hall–Kier alpha value is -2.86. The van der Waals surface area contributed by atoms with Crippen molar-refractivity contribution >= 4 is 29.6 Å². The zero-order valence-electron chi connectivity index (χ0n) is 12.0. The van der Waals surface area contributed by atoms with Gasteiger partial charge in [-0.05, 0) is 54.1 Å². The molecule has 0 aliphatic carbocycles. The van der Waals surface area contributed by atoms with Crippen LogP contribution in [-0.4, -0.2) is 29.7 Å². The van der Waals surface area contributed by atoms with Gasteiger partial charge in [0.1, 0.15) is 5.75 Å². The van der Waals surface area contributed by atoms with Gasteiger partial charge in [-0.25, -0.2) is 5.43 Å². The number of rotatable bonds is 5. The molecule has 0 saturated heterocycles. The maximum Gasteiger partial charge on any atom is 0.259 e. The Morgan fingerprint density at radius 1 is 1.09 bits per heavy atom. The number of nitrogens with zero attached hydrogens (tertiary/aromatic N) is 1. The molecule has 2 aromatic carbocycles. The van der Waals surface area contributed by atoms with Crippen LogP contribution in [0.1, 0.15) is 15.9 Å². The quantitative estimate of drug-likeness (QED) is 0.577. The first-order valence-corrected chi connectivity index (χ1v) is 7.07. The number of carbonyl (C=O) groups excluding carboxylic acids is 2. The topological polar surface area (TPSA) is 90.8 Å². The molecule has 2 amide bonds. The number of phenols is 1. The van der Waals surface area contributed by atoms with Gasteiger partial charge in [-0.15, -0.1) is 0 Å². The number of halogens is 1. The number of hydrazone groups is 1. The Balaban J connectivity index is 1.77. The molecule has 0 spiro atoms. The number of carbonyl (C=O) groups is 2. The van der Waals surface area contributed by atoms with Crippen LogP contribution in [0.15, 0.2) is 53.6 Å². The lowest BCUT2D eigenvalue weighted by Crippen LogP contribution is -2.34. The summed E-state index contributed by atoms with van der Waals surface area (Å²) in [5.41, 5.74) is 3.42. The van der Waals surface area contributed by atoms with Crippen molar-refractivity contribution in [2.75, 3.05) is 6.54 Å². The van der Waals surface area contributed by atoms with E-state index < -0.39 is 5.91 Å². The van der Waals surface area contributed by atoms with Crippen molar-refractivity contribution in [3.05, 3.63) is 64.7 Å². The lowest BCUT2D eigenvalue weighted by Gasteiger charge is -2.04. The maximum absolute atomic E-state index is 11.8. The van der Waals surface area contributed by atoms with Gasteiger partial charge in [0.15, 0.2) is 0 Å². The first-order valence-electron chi connectivity index (χ1n) is 6.69. The number of benzene rings is 2. The molecule has 0 aliphatic heterocycles. The van der Waals surface area contributed by atoms with Gasteiger partial charge in [0.05, 0.1) is 12.8 Å². The first-order chi connectivity index (χ1) is 11.0. The minimum atomic E-state index is -0.456. The zero-order valence-corrected chi connectivity index (χ0v) is 12.7. The third-order valence-electron chi connectivity index (χ3n) is 2.81. The van der Waals surface area contributed by atoms with E-state index >= 15 is 0 Å². The summed E-state index contributed by atoms with van der Waals surface area (Å²) in [5, 5.41) is 15.9. The summed E-state index contributed by atoms with van der Waals surface area (Å²) < 4.78 is 0. The Morgan fingerprint density at radius 3 is 2.39 bits per heavy atom. The van der Waals surface area contributed by atoms with Crippen LogP contribution in [0.25, 0.3) is 0 Å². The molecule has 0 aliphatic rings. The zero-order chi connectivity index (χ0) is 16.7. The van der Waals surface area contributed by atoms with Gasteiger partial charge in [-0.1, -0.05) is 11.6 Å². The van der Waals surface area contributed by atoms with Crippen LogP contribution in [0, 0.1) is 0 Å². The van der Waals surface area contributed by atoms with Crippen molar-refractivity contribution in [1.82, 2.24) is 10.7 Å². The number of aromatic hydroxyl groups is 1. The summed E-state index contributed by atoms with van der Waals surface area (Å²) in [6.45, 7) is -0.200. The molecule has 0 aromatic heterocycles. The third kappa shape index (κ3) is 5.44. The van der Waals surface area contributed by atoms with Crippen LogP contribution in [0.5, 0.6) is 5.75 Å². The number of nitrogens with one attached hydrogen (secondary N) is 2. The molecule has 0 fully saturated rings. The van der Waals surface area contributed by atoms with Gasteiger partial charge in [0.2, 0.25) is 0 Å². The summed E-state index contributed by atoms with van der Waals surface area (Å²) in [4.78, 5) is 23.4. The predicted octanol–water partition coefficient (Wildman–Crippen LogP) is 1.93. The molecular weight excluding hydrogens is 318 g/mol. The van der Waals surface area contributed by atoms with Crippen molar-refractivity contribution in [1.29, 1.82) is 0 Å². The van der Waals surface area contributed by atoms with Crippen molar-refractivity contribution in [3.63, 3.8) is 0 Å². The van der Waals surface area contributed by atoms with E-state index in [-0.39, 0.29) is 18.2 Å². The number of hydrogen-bond donors (Lipinski definition) is 3. The molecule has 0 heterocycles. The number of phenolic OH excluding ortho intramolecular Hbond substituents is 1. The second kappa shape index (κ2) is 7.95. The number of hydrogen-bond acceptors (Lipinski definition) is 4. The summed E-state index contributed by atoms with van der Waals surface area (Å²) >= 11 is 5.73. The highest BCUT2D eigenvalue weighted by Gasteiger charge is 2.07. The summed E-state index contributed by atoms with van der Waals surface area (Å²) in [6.07, 6.45) is 1.43. The van der Waals surface area contributed by atoms with Crippen molar-refractivity contribution in [2.24, 2.45) is 5.10 Å². The molecule has 118 valence electrons. The van der Waals surface area contributed by atoms with Crippen LogP contribution >= 0.6 is 11.6 Å². The maximum atomic E-state index is 11.8. The average Bonchev–Trinajstić information content (AvgIpc) is 2.55. The van der Waals surface area contributed by atoms with Gasteiger partial charge in [0, 0.05) is 10.6 Å². The monoisotopic (exact) mass is 331 g/mol. The van der Waals surface area contributed by atoms with Crippen LogP contribution in [0.4, 0.5) is 0 Å². The van der Waals surface area contributed by atoms with E-state index in [2.05, 4.69) is 15.8 Å². The molecule has 0 saturated carbocycles. The van der Waals surface area contributed by atoms with Gasteiger partial charge >= 0.3 is 0 Å². The number of amides is 2. The second-order valence-corrected chi connectivity index (χ2v) is 5.01. The van der Waals surface area contributed by atoms with E-state index in [1.54, 1.807) is 36.4 Å². The van der Waals surface area contributed by atoms with E-state index in [0.29, 0.717) is 16.1 Å². The fourth-order valence-electron chi connectivity index (χ4n) is 1.64. The molecule has 0 radical (unpaired) electrons. The fourth-order valence-corrected chi connectivity index (χ4v) is 1.77. The third-order valence-corrected chi connectivity index (χ3v) is 3.06. The van der Waals surface area contributed by atoms with E-state index in [0.717, 1.165) is 0 Å². The van der Waals surface area contributed by atoms with Crippen LogP contribution in [0.2, 0.25) is 5.02 Å². The predicted molar refractivity (Wildman–Crippen MR) is 87.6 cm³/mol. The van der Waals surface area contributed by atoms with Crippen molar-refractivity contribution in [3.8, 4) is 5.75 Å². The highest BCUT2D eigenvalue weighted by molar-refractivity contribution is 6.30. The average molecular weight is 332 g/mol. The fraction of sp³-hybridized carbons (Fsp3) is 0.0625. The molecule has 0 atom stereocenters. The largest absolute Gasteiger partial charge is 0.508 e. The molecule has 3 N–H and O–H groups in total. The highest BCUT2D eigenvalue weighted by Crippen LogP contribution is 2.09. The van der Waals surface area contributed by atoms with E-state index in [9.17, 15) is 9.59 Å². The van der Waals surface area contributed by atoms with Gasteiger partial charge in [-0.2, -0.15) is 5.10 Å². The van der Waals surface area contributed by atoms with Crippen molar-refractivity contribution in [2.45, 2.75) is 0 Å². The Labute approximate surface area is 137 Å². The lowest BCUT2D eigenvalue weighted by atomic mass is 10.2. The van der Waals surface area contributed by atoms with Gasteiger partial charge in [-0.3, -0.25) is 9.59 Å². The molecule has 2 aromatic rings. The molecule has 23 heavy (non-hydrogen) atoms. The highest BCUT2D eigenvalue weighted by atomic mass is 35.5. The molecule has 0 unspecified atom stereocenters. The first kappa shape index (κ1) is 16.5. The van der Waals surface area contributed by atoms with Crippen LogP contribution < -0.4 is 10.7 Å². The standard InChI is InChI=1S/C16H14ClN3O3/c17-13-5-3-12(4-6-13)16(23)18-10-15(22)20-19-9-11-1-7-14(21)8-2-11/h1-9,21H,10H2,(H,18,23)(H,20,22)/b19-9+. The second-order valence-electron chi connectivity index (χ2n) is 4.57. The van der Waals surface area contributed by atoms with Gasteiger partial charge in [0.25, 0.3) is 11.8 Å². The van der Waals surface area contributed by atoms with E-state index in [1.807, 2.05) is 0 Å².